The molecule has 0 unspecified atom stereocenters. The van der Waals surface area contributed by atoms with E-state index in [1.807, 2.05) is 6.92 Å². The maximum absolute atomic E-state index is 11.4. The Kier molecular flexibility index (Phi) is 3.05. The summed E-state index contributed by atoms with van der Waals surface area (Å²) in [5, 5.41) is 6.61. The highest BCUT2D eigenvalue weighted by Crippen LogP contribution is 2.29. The molecule has 90 valence electrons. The SMILES string of the molecule is CCNC(=O)c1noc(-c2sc(N)nc2C)n1. The number of aryl methyl sites for hydroxylation is 1. The second kappa shape index (κ2) is 4.50. The van der Waals surface area contributed by atoms with Gasteiger partial charge in [0.1, 0.15) is 4.88 Å². The first kappa shape index (κ1) is 11.5. The maximum Gasteiger partial charge on any atom is 0.292 e. The number of hydrogen-bond donors (Lipinski definition) is 2. The van der Waals surface area contributed by atoms with Crippen molar-refractivity contribution < 1.29 is 9.32 Å². The molecule has 0 spiro atoms. The molecule has 3 N–H and O–H groups in total. The molecule has 0 aliphatic rings. The van der Waals surface area contributed by atoms with Gasteiger partial charge < -0.3 is 15.6 Å². The highest BCUT2D eigenvalue weighted by Gasteiger charge is 2.18. The van der Waals surface area contributed by atoms with Crippen molar-refractivity contribution in [3.63, 3.8) is 0 Å². The van der Waals surface area contributed by atoms with Crippen molar-refractivity contribution >= 4 is 22.4 Å². The van der Waals surface area contributed by atoms with E-state index in [4.69, 9.17) is 10.3 Å². The first-order valence-electron chi connectivity index (χ1n) is 4.97. The molecule has 0 aromatic carbocycles. The fraction of sp³-hybridized carbons (Fsp3) is 0.333. The molecule has 0 saturated carbocycles. The molecule has 0 bridgehead atoms. The third kappa shape index (κ3) is 2.26. The fourth-order valence-electron chi connectivity index (χ4n) is 1.26. The molecule has 0 aliphatic heterocycles. The first-order chi connectivity index (χ1) is 8.11. The van der Waals surface area contributed by atoms with Crippen molar-refractivity contribution in [3.05, 3.63) is 11.5 Å². The molecule has 0 aliphatic carbocycles. The number of nitrogens with zero attached hydrogens (tertiary/aromatic N) is 3. The van der Waals surface area contributed by atoms with Crippen LogP contribution < -0.4 is 11.1 Å². The lowest BCUT2D eigenvalue weighted by Gasteiger charge is -1.93. The summed E-state index contributed by atoms with van der Waals surface area (Å²) >= 11 is 1.24. The number of rotatable bonds is 3. The maximum atomic E-state index is 11.4. The van der Waals surface area contributed by atoms with Crippen LogP contribution in [0.1, 0.15) is 23.2 Å². The monoisotopic (exact) mass is 253 g/mol. The molecule has 2 rings (SSSR count). The van der Waals surface area contributed by atoms with E-state index in [1.165, 1.54) is 11.3 Å². The zero-order valence-corrected chi connectivity index (χ0v) is 10.2. The average molecular weight is 253 g/mol. The summed E-state index contributed by atoms with van der Waals surface area (Å²) < 4.78 is 5.01. The minimum Gasteiger partial charge on any atom is -0.375 e. The minimum absolute atomic E-state index is 0.00761. The van der Waals surface area contributed by atoms with Crippen LogP contribution in [-0.2, 0) is 0 Å². The lowest BCUT2D eigenvalue weighted by Crippen LogP contribution is -2.23. The number of hydrogen-bond acceptors (Lipinski definition) is 7. The molecule has 8 heteroatoms. The van der Waals surface area contributed by atoms with Crippen LogP contribution >= 0.6 is 11.3 Å². The van der Waals surface area contributed by atoms with E-state index >= 15 is 0 Å². The number of amides is 1. The van der Waals surface area contributed by atoms with Crippen LogP contribution in [0.2, 0.25) is 0 Å². The van der Waals surface area contributed by atoms with E-state index in [9.17, 15) is 4.79 Å². The summed E-state index contributed by atoms with van der Waals surface area (Å²) in [4.78, 5) is 20.2. The Morgan fingerprint density at radius 1 is 1.53 bits per heavy atom. The number of anilines is 1. The standard InChI is InChI=1S/C9H11N5O2S/c1-3-11-7(15)6-13-8(16-14-6)5-4(2)12-9(10)17-5/h3H2,1-2H3,(H2,10,12)(H,11,15). The smallest absolute Gasteiger partial charge is 0.292 e. The summed E-state index contributed by atoms with van der Waals surface area (Å²) in [7, 11) is 0. The van der Waals surface area contributed by atoms with Gasteiger partial charge in [0.15, 0.2) is 5.13 Å². The van der Waals surface area contributed by atoms with Gasteiger partial charge in [-0.15, -0.1) is 0 Å². The number of thiazole rings is 1. The molecule has 0 fully saturated rings. The van der Waals surface area contributed by atoms with Crippen LogP contribution in [0.3, 0.4) is 0 Å². The summed E-state index contributed by atoms with van der Waals surface area (Å²) in [5.74, 6) is -0.0937. The Morgan fingerprint density at radius 3 is 2.88 bits per heavy atom. The van der Waals surface area contributed by atoms with Crippen LogP contribution in [0, 0.1) is 6.92 Å². The predicted octanol–water partition coefficient (Wildman–Crippen LogP) is 0.833. The van der Waals surface area contributed by atoms with Crippen molar-refractivity contribution in [3.8, 4) is 10.8 Å². The summed E-state index contributed by atoms with van der Waals surface area (Å²) in [6, 6.07) is 0. The van der Waals surface area contributed by atoms with Gasteiger partial charge in [0.05, 0.1) is 5.69 Å². The van der Waals surface area contributed by atoms with Crippen molar-refractivity contribution in [2.45, 2.75) is 13.8 Å². The zero-order chi connectivity index (χ0) is 12.4. The second-order valence-electron chi connectivity index (χ2n) is 3.25. The van der Waals surface area contributed by atoms with E-state index < -0.39 is 0 Å². The van der Waals surface area contributed by atoms with Gasteiger partial charge in [0.25, 0.3) is 17.6 Å². The normalized spacial score (nSPS) is 10.5. The molecule has 0 radical (unpaired) electrons. The Morgan fingerprint density at radius 2 is 2.29 bits per heavy atom. The number of nitrogens with one attached hydrogen (secondary N) is 1. The van der Waals surface area contributed by atoms with Gasteiger partial charge in [-0.1, -0.05) is 16.5 Å². The van der Waals surface area contributed by atoms with Gasteiger partial charge in [-0.3, -0.25) is 4.79 Å². The van der Waals surface area contributed by atoms with Crippen LogP contribution in [0.25, 0.3) is 10.8 Å². The fourth-order valence-corrected chi connectivity index (χ4v) is 2.02. The molecule has 7 nitrogen and oxygen atoms in total. The zero-order valence-electron chi connectivity index (χ0n) is 9.35. The lowest BCUT2D eigenvalue weighted by molar-refractivity contribution is 0.0942. The number of nitrogen functional groups attached to an aromatic ring is 1. The highest BCUT2D eigenvalue weighted by molar-refractivity contribution is 7.18. The summed E-state index contributed by atoms with van der Waals surface area (Å²) in [6.45, 7) is 4.11. The Balaban J connectivity index is 2.30. The topological polar surface area (TPSA) is 107 Å². The molecular weight excluding hydrogens is 242 g/mol. The molecular formula is C9H11N5O2S. The van der Waals surface area contributed by atoms with Gasteiger partial charge in [0, 0.05) is 6.54 Å². The van der Waals surface area contributed by atoms with Gasteiger partial charge >= 0.3 is 0 Å². The molecule has 0 saturated heterocycles. The van der Waals surface area contributed by atoms with Gasteiger partial charge in [-0.2, -0.15) is 4.98 Å². The number of carbonyl (C=O) groups excluding carboxylic acids is 1. The Labute approximate surface area is 101 Å². The average Bonchev–Trinajstić information content (AvgIpc) is 2.85. The third-order valence-corrected chi connectivity index (χ3v) is 2.95. The predicted molar refractivity (Wildman–Crippen MR) is 62.6 cm³/mol. The molecule has 1 amide bonds. The van der Waals surface area contributed by atoms with Crippen LogP contribution in [-0.4, -0.2) is 27.6 Å². The van der Waals surface area contributed by atoms with Gasteiger partial charge in [0.2, 0.25) is 0 Å². The number of carbonyl (C=O) groups is 1. The van der Waals surface area contributed by atoms with Crippen LogP contribution in [0.5, 0.6) is 0 Å². The largest absolute Gasteiger partial charge is 0.375 e. The first-order valence-corrected chi connectivity index (χ1v) is 5.78. The third-order valence-electron chi connectivity index (χ3n) is 1.97. The van der Waals surface area contributed by atoms with Crippen molar-refractivity contribution in [2.75, 3.05) is 12.3 Å². The molecule has 2 aromatic heterocycles. The van der Waals surface area contributed by atoms with E-state index in [2.05, 4.69) is 20.4 Å². The van der Waals surface area contributed by atoms with E-state index in [-0.39, 0.29) is 17.6 Å². The van der Waals surface area contributed by atoms with E-state index in [0.717, 1.165) is 0 Å². The Hall–Kier alpha value is -1.96. The van der Waals surface area contributed by atoms with Crippen molar-refractivity contribution in [1.82, 2.24) is 20.4 Å². The van der Waals surface area contributed by atoms with Crippen LogP contribution in [0.4, 0.5) is 5.13 Å². The second-order valence-corrected chi connectivity index (χ2v) is 4.28. The number of aromatic nitrogens is 3. The minimum atomic E-state index is -0.363. The van der Waals surface area contributed by atoms with E-state index in [0.29, 0.717) is 22.2 Å². The lowest BCUT2D eigenvalue weighted by atomic mass is 10.4. The molecule has 2 heterocycles. The highest BCUT2D eigenvalue weighted by atomic mass is 32.1. The molecule has 17 heavy (non-hydrogen) atoms. The summed E-state index contributed by atoms with van der Waals surface area (Å²) in [6.07, 6.45) is 0. The van der Waals surface area contributed by atoms with Crippen LogP contribution in [0.15, 0.2) is 4.52 Å². The van der Waals surface area contributed by atoms with Crippen molar-refractivity contribution in [1.29, 1.82) is 0 Å². The van der Waals surface area contributed by atoms with E-state index in [1.54, 1.807) is 6.92 Å². The summed E-state index contributed by atoms with van der Waals surface area (Å²) in [5.41, 5.74) is 6.28. The van der Waals surface area contributed by atoms with Crippen molar-refractivity contribution in [2.24, 2.45) is 0 Å². The van der Waals surface area contributed by atoms with Gasteiger partial charge in [-0.25, -0.2) is 4.98 Å². The molecule has 0 atom stereocenters. The number of nitrogens with two attached hydrogens (primary N) is 1. The van der Waals surface area contributed by atoms with Gasteiger partial charge in [-0.05, 0) is 13.8 Å². The molecule has 2 aromatic rings. The quantitative estimate of drug-likeness (QED) is 0.839. The Bertz CT molecular complexity index is 547.